The summed E-state index contributed by atoms with van der Waals surface area (Å²) in [6.45, 7) is 9.53. The molecule has 2 aliphatic carbocycles. The number of hydrogen-bond donors (Lipinski definition) is 0. The molecule has 12 heavy (non-hydrogen) atoms. The van der Waals surface area contributed by atoms with E-state index in [-0.39, 0.29) is 0 Å². The summed E-state index contributed by atoms with van der Waals surface area (Å²) in [4.78, 5) is 0. The Bertz CT molecular complexity index is 249. The second-order valence-electron chi connectivity index (χ2n) is 5.12. The van der Waals surface area contributed by atoms with E-state index in [0.29, 0.717) is 10.8 Å². The van der Waals surface area contributed by atoms with Gasteiger partial charge in [0.25, 0.3) is 0 Å². The van der Waals surface area contributed by atoms with E-state index in [2.05, 4.69) is 27.7 Å². The van der Waals surface area contributed by atoms with Crippen molar-refractivity contribution < 1.29 is 0 Å². The fraction of sp³-hybridized carbons (Fsp3) is 0.833. The van der Waals surface area contributed by atoms with E-state index in [1.165, 1.54) is 25.7 Å². The van der Waals surface area contributed by atoms with Crippen molar-refractivity contribution in [2.75, 3.05) is 0 Å². The Morgan fingerprint density at radius 1 is 1.17 bits per heavy atom. The summed E-state index contributed by atoms with van der Waals surface area (Å²) < 4.78 is 0. The third-order valence-corrected chi connectivity index (χ3v) is 4.82. The molecule has 2 unspecified atom stereocenters. The highest BCUT2D eigenvalue weighted by Gasteiger charge is 2.52. The minimum absolute atomic E-state index is 0.583. The first-order chi connectivity index (χ1) is 5.54. The van der Waals surface area contributed by atoms with Crippen LogP contribution in [0.25, 0.3) is 0 Å². The lowest BCUT2D eigenvalue weighted by Crippen LogP contribution is -2.15. The van der Waals surface area contributed by atoms with Gasteiger partial charge in [-0.05, 0) is 50.4 Å². The second kappa shape index (κ2) is 2.16. The van der Waals surface area contributed by atoms with Gasteiger partial charge in [0.1, 0.15) is 0 Å². The maximum atomic E-state index is 2.45. The van der Waals surface area contributed by atoms with Gasteiger partial charge in [-0.2, -0.15) is 0 Å². The molecule has 0 aromatic rings. The molecule has 0 aromatic heterocycles. The van der Waals surface area contributed by atoms with Crippen LogP contribution in [-0.4, -0.2) is 0 Å². The van der Waals surface area contributed by atoms with E-state index < -0.39 is 0 Å². The first kappa shape index (κ1) is 8.34. The van der Waals surface area contributed by atoms with Crippen molar-refractivity contribution >= 4 is 0 Å². The van der Waals surface area contributed by atoms with Crippen molar-refractivity contribution in [1.29, 1.82) is 0 Å². The van der Waals surface area contributed by atoms with Crippen LogP contribution in [0.4, 0.5) is 0 Å². The fourth-order valence-electron chi connectivity index (χ4n) is 3.50. The minimum atomic E-state index is 0.583. The summed E-state index contributed by atoms with van der Waals surface area (Å²) in [5.74, 6) is 0. The standard InChI is InChI=1S/C12H20/c1-5-12-7-6-11(4,8-12)9(2)10(12)3/h5-8H2,1-4H3. The maximum absolute atomic E-state index is 2.45. The van der Waals surface area contributed by atoms with E-state index >= 15 is 0 Å². The third kappa shape index (κ3) is 0.739. The van der Waals surface area contributed by atoms with E-state index in [0.717, 1.165) is 0 Å². The minimum Gasteiger partial charge on any atom is -0.0679 e. The van der Waals surface area contributed by atoms with Gasteiger partial charge < -0.3 is 0 Å². The molecule has 0 nitrogen and oxygen atoms in total. The van der Waals surface area contributed by atoms with E-state index in [1.807, 2.05) is 0 Å². The van der Waals surface area contributed by atoms with Crippen LogP contribution in [0.15, 0.2) is 11.1 Å². The molecule has 2 rings (SSSR count). The number of rotatable bonds is 1. The SMILES string of the molecule is CCC12CCC(C)(C1)C(C)=C2C. The lowest BCUT2D eigenvalue weighted by molar-refractivity contribution is 0.348. The van der Waals surface area contributed by atoms with E-state index in [1.54, 1.807) is 11.1 Å². The first-order valence-corrected chi connectivity index (χ1v) is 5.22. The number of allylic oxidation sites excluding steroid dienone is 2. The Hall–Kier alpha value is -0.260. The Balaban J connectivity index is 2.47. The van der Waals surface area contributed by atoms with Gasteiger partial charge in [0, 0.05) is 0 Å². The van der Waals surface area contributed by atoms with Crippen molar-refractivity contribution in [2.45, 2.75) is 53.4 Å². The Labute approximate surface area is 76.1 Å². The highest BCUT2D eigenvalue weighted by atomic mass is 14.6. The zero-order valence-corrected chi connectivity index (χ0v) is 8.83. The van der Waals surface area contributed by atoms with Crippen molar-refractivity contribution in [1.82, 2.24) is 0 Å². The van der Waals surface area contributed by atoms with Crippen LogP contribution in [0.3, 0.4) is 0 Å². The molecular weight excluding hydrogens is 144 g/mol. The summed E-state index contributed by atoms with van der Waals surface area (Å²) in [5.41, 5.74) is 4.63. The lowest BCUT2D eigenvalue weighted by atomic mass is 9.77. The third-order valence-electron chi connectivity index (χ3n) is 4.82. The zero-order valence-electron chi connectivity index (χ0n) is 8.83. The normalized spacial score (nSPS) is 46.0. The molecule has 68 valence electrons. The molecule has 1 saturated carbocycles. The van der Waals surface area contributed by atoms with Gasteiger partial charge in [-0.3, -0.25) is 0 Å². The second-order valence-corrected chi connectivity index (χ2v) is 5.12. The van der Waals surface area contributed by atoms with E-state index in [4.69, 9.17) is 0 Å². The van der Waals surface area contributed by atoms with Gasteiger partial charge in [-0.1, -0.05) is 25.0 Å². The highest BCUT2D eigenvalue weighted by Crippen LogP contribution is 2.64. The quantitative estimate of drug-likeness (QED) is 0.515. The lowest BCUT2D eigenvalue weighted by Gasteiger charge is -2.28. The van der Waals surface area contributed by atoms with Crippen LogP contribution in [0.2, 0.25) is 0 Å². The predicted octanol–water partition coefficient (Wildman–Crippen LogP) is 3.92. The topological polar surface area (TPSA) is 0 Å². The molecule has 2 atom stereocenters. The molecule has 1 fully saturated rings. The van der Waals surface area contributed by atoms with Crippen molar-refractivity contribution in [3.05, 3.63) is 11.1 Å². The molecule has 0 amide bonds. The van der Waals surface area contributed by atoms with Crippen LogP contribution in [0.5, 0.6) is 0 Å². The summed E-state index contributed by atoms with van der Waals surface area (Å²) in [7, 11) is 0. The molecule has 0 N–H and O–H groups in total. The van der Waals surface area contributed by atoms with Gasteiger partial charge in [-0.25, -0.2) is 0 Å². The molecule has 0 heterocycles. The van der Waals surface area contributed by atoms with Gasteiger partial charge in [-0.15, -0.1) is 0 Å². The molecule has 2 aliphatic rings. The van der Waals surface area contributed by atoms with Crippen molar-refractivity contribution in [2.24, 2.45) is 10.8 Å². The van der Waals surface area contributed by atoms with Crippen LogP contribution < -0.4 is 0 Å². The molecule has 0 aromatic carbocycles. The summed E-state index contributed by atoms with van der Waals surface area (Å²) in [5, 5.41) is 0. The van der Waals surface area contributed by atoms with Crippen molar-refractivity contribution in [3.8, 4) is 0 Å². The summed E-state index contributed by atoms with van der Waals surface area (Å²) in [6.07, 6.45) is 5.67. The largest absolute Gasteiger partial charge is 0.0679 e. The average Bonchev–Trinajstić information content (AvgIpc) is 2.50. The fourth-order valence-corrected chi connectivity index (χ4v) is 3.50. The predicted molar refractivity (Wildman–Crippen MR) is 53.1 cm³/mol. The van der Waals surface area contributed by atoms with Crippen LogP contribution >= 0.6 is 0 Å². The molecular formula is C12H20. The smallest absolute Gasteiger partial charge is 0.00821 e. The molecule has 0 radical (unpaired) electrons. The average molecular weight is 164 g/mol. The number of fused-ring (bicyclic) bond motifs is 2. The molecule has 0 heteroatoms. The Kier molecular flexibility index (Phi) is 1.50. The van der Waals surface area contributed by atoms with E-state index in [9.17, 15) is 0 Å². The van der Waals surface area contributed by atoms with Gasteiger partial charge in [0.05, 0.1) is 0 Å². The molecule has 2 bridgehead atoms. The monoisotopic (exact) mass is 164 g/mol. The van der Waals surface area contributed by atoms with Crippen LogP contribution in [-0.2, 0) is 0 Å². The zero-order chi connectivity index (χ0) is 8.98. The molecule has 0 aliphatic heterocycles. The van der Waals surface area contributed by atoms with Gasteiger partial charge in [0.2, 0.25) is 0 Å². The van der Waals surface area contributed by atoms with Crippen molar-refractivity contribution in [3.63, 3.8) is 0 Å². The van der Waals surface area contributed by atoms with Gasteiger partial charge >= 0.3 is 0 Å². The Morgan fingerprint density at radius 2 is 1.83 bits per heavy atom. The molecule has 0 saturated heterocycles. The van der Waals surface area contributed by atoms with Crippen LogP contribution in [0, 0.1) is 10.8 Å². The van der Waals surface area contributed by atoms with Gasteiger partial charge in [0.15, 0.2) is 0 Å². The van der Waals surface area contributed by atoms with Crippen LogP contribution in [0.1, 0.15) is 53.4 Å². The first-order valence-electron chi connectivity index (χ1n) is 5.22. The number of hydrogen-bond acceptors (Lipinski definition) is 0. The highest BCUT2D eigenvalue weighted by molar-refractivity contribution is 5.35. The maximum Gasteiger partial charge on any atom is -0.00821 e. The summed E-state index contributed by atoms with van der Waals surface area (Å²) >= 11 is 0. The molecule has 0 spiro atoms. The Morgan fingerprint density at radius 3 is 2.17 bits per heavy atom. The summed E-state index contributed by atoms with van der Waals surface area (Å²) in [6, 6.07) is 0.